The average Bonchev–Trinajstić information content (AvgIpc) is 2.37. The van der Waals surface area contributed by atoms with Crippen molar-refractivity contribution >= 4 is 23.3 Å². The lowest BCUT2D eigenvalue weighted by atomic mass is 9.73. The van der Waals surface area contributed by atoms with Gasteiger partial charge in [0.1, 0.15) is 0 Å². The molecule has 2 aliphatic rings. The summed E-state index contributed by atoms with van der Waals surface area (Å²) in [7, 11) is 0. The SMILES string of the molecule is O=C(O)c1cc(Cl)ccc1N1CC2(CCOCC2)C1. The second-order valence-electron chi connectivity index (χ2n) is 5.44. The second kappa shape index (κ2) is 4.69. The van der Waals surface area contributed by atoms with Crippen molar-refractivity contribution in [2.24, 2.45) is 5.41 Å². The molecule has 102 valence electrons. The van der Waals surface area contributed by atoms with E-state index in [2.05, 4.69) is 4.90 Å². The lowest BCUT2D eigenvalue weighted by molar-refractivity contribution is -0.000297. The highest BCUT2D eigenvalue weighted by Gasteiger charge is 2.44. The molecule has 19 heavy (non-hydrogen) atoms. The van der Waals surface area contributed by atoms with Crippen molar-refractivity contribution in [2.45, 2.75) is 12.8 Å². The minimum Gasteiger partial charge on any atom is -0.478 e. The number of aromatic carboxylic acids is 1. The van der Waals surface area contributed by atoms with E-state index in [9.17, 15) is 9.90 Å². The maximum Gasteiger partial charge on any atom is 0.337 e. The summed E-state index contributed by atoms with van der Waals surface area (Å²) in [6, 6.07) is 5.07. The molecule has 1 spiro atoms. The Morgan fingerprint density at radius 2 is 2.00 bits per heavy atom. The van der Waals surface area contributed by atoms with Crippen LogP contribution in [0.3, 0.4) is 0 Å². The molecular weight excluding hydrogens is 266 g/mol. The quantitative estimate of drug-likeness (QED) is 0.905. The average molecular weight is 282 g/mol. The number of carboxylic acid groups (broad SMARTS) is 1. The van der Waals surface area contributed by atoms with E-state index in [1.54, 1.807) is 12.1 Å². The zero-order valence-electron chi connectivity index (χ0n) is 10.6. The van der Waals surface area contributed by atoms with Gasteiger partial charge < -0.3 is 14.7 Å². The fourth-order valence-corrected chi connectivity index (χ4v) is 3.18. The number of halogens is 1. The van der Waals surface area contributed by atoms with E-state index < -0.39 is 5.97 Å². The lowest BCUT2D eigenvalue weighted by Crippen LogP contribution is -2.58. The summed E-state index contributed by atoms with van der Waals surface area (Å²) in [6.45, 7) is 3.47. The van der Waals surface area contributed by atoms with E-state index in [-0.39, 0.29) is 5.56 Å². The number of rotatable bonds is 2. The Kier molecular flexibility index (Phi) is 3.15. The molecule has 3 rings (SSSR count). The minimum atomic E-state index is -0.926. The van der Waals surface area contributed by atoms with Gasteiger partial charge in [-0.3, -0.25) is 0 Å². The van der Waals surface area contributed by atoms with Crippen molar-refractivity contribution < 1.29 is 14.6 Å². The number of nitrogens with zero attached hydrogens (tertiary/aromatic N) is 1. The van der Waals surface area contributed by atoms with Crippen LogP contribution >= 0.6 is 11.6 Å². The molecule has 2 heterocycles. The van der Waals surface area contributed by atoms with E-state index in [0.717, 1.165) is 44.8 Å². The molecule has 2 aliphatic heterocycles. The molecule has 0 atom stereocenters. The molecule has 0 unspecified atom stereocenters. The van der Waals surface area contributed by atoms with Crippen molar-refractivity contribution in [3.63, 3.8) is 0 Å². The van der Waals surface area contributed by atoms with E-state index >= 15 is 0 Å². The molecule has 2 fully saturated rings. The Bertz CT molecular complexity index is 503. The van der Waals surface area contributed by atoms with Crippen molar-refractivity contribution in [3.8, 4) is 0 Å². The van der Waals surface area contributed by atoms with Crippen LogP contribution in [0.4, 0.5) is 5.69 Å². The third kappa shape index (κ3) is 2.30. The fourth-order valence-electron chi connectivity index (χ4n) is 3.01. The van der Waals surface area contributed by atoms with Gasteiger partial charge in [-0.05, 0) is 31.0 Å². The Hall–Kier alpha value is -1.26. The summed E-state index contributed by atoms with van der Waals surface area (Å²) < 4.78 is 5.39. The van der Waals surface area contributed by atoms with E-state index in [1.807, 2.05) is 0 Å². The van der Waals surface area contributed by atoms with Crippen LogP contribution in [0.2, 0.25) is 5.02 Å². The summed E-state index contributed by atoms with van der Waals surface area (Å²) in [5.74, 6) is -0.926. The molecule has 5 heteroatoms. The van der Waals surface area contributed by atoms with Crippen LogP contribution in [0, 0.1) is 5.41 Å². The standard InChI is InChI=1S/C14H16ClNO3/c15-10-1-2-12(11(7-10)13(17)18)16-8-14(9-16)3-5-19-6-4-14/h1-2,7H,3-6,8-9H2,(H,17,18). The number of hydrogen-bond donors (Lipinski definition) is 1. The molecular formula is C14H16ClNO3. The number of benzene rings is 1. The maximum atomic E-state index is 11.3. The molecule has 1 aromatic rings. The van der Waals surface area contributed by atoms with Gasteiger partial charge in [-0.25, -0.2) is 4.79 Å². The summed E-state index contributed by atoms with van der Waals surface area (Å²) in [4.78, 5) is 13.4. The Morgan fingerprint density at radius 1 is 1.32 bits per heavy atom. The largest absolute Gasteiger partial charge is 0.478 e. The maximum absolute atomic E-state index is 11.3. The zero-order chi connectivity index (χ0) is 13.5. The molecule has 4 nitrogen and oxygen atoms in total. The molecule has 0 amide bonds. The van der Waals surface area contributed by atoms with Crippen molar-refractivity contribution in [2.75, 3.05) is 31.2 Å². The van der Waals surface area contributed by atoms with Gasteiger partial charge in [0.05, 0.1) is 11.3 Å². The van der Waals surface area contributed by atoms with Crippen molar-refractivity contribution in [1.29, 1.82) is 0 Å². The van der Waals surface area contributed by atoms with E-state index in [0.29, 0.717) is 10.4 Å². The molecule has 0 aromatic heterocycles. The number of carboxylic acids is 1. The molecule has 2 saturated heterocycles. The predicted octanol–water partition coefficient (Wildman–Crippen LogP) is 2.66. The monoisotopic (exact) mass is 281 g/mol. The van der Waals surface area contributed by atoms with Crippen LogP contribution in [0.25, 0.3) is 0 Å². The first kappa shape index (κ1) is 12.8. The fraction of sp³-hybridized carbons (Fsp3) is 0.500. The van der Waals surface area contributed by atoms with Crippen LogP contribution < -0.4 is 4.90 Å². The first-order valence-electron chi connectivity index (χ1n) is 6.45. The second-order valence-corrected chi connectivity index (χ2v) is 5.87. The van der Waals surface area contributed by atoms with Gasteiger partial charge >= 0.3 is 5.97 Å². The van der Waals surface area contributed by atoms with Gasteiger partial charge in [-0.2, -0.15) is 0 Å². The predicted molar refractivity (Wildman–Crippen MR) is 73.1 cm³/mol. The van der Waals surface area contributed by atoms with Crippen LogP contribution in [-0.2, 0) is 4.74 Å². The van der Waals surface area contributed by atoms with Gasteiger partial charge in [0, 0.05) is 36.7 Å². The summed E-state index contributed by atoms with van der Waals surface area (Å²) in [6.07, 6.45) is 2.14. The van der Waals surface area contributed by atoms with Crippen LogP contribution in [0.5, 0.6) is 0 Å². The smallest absolute Gasteiger partial charge is 0.337 e. The number of anilines is 1. The third-order valence-electron chi connectivity index (χ3n) is 4.14. The van der Waals surface area contributed by atoms with Crippen LogP contribution in [0.1, 0.15) is 23.2 Å². The number of carbonyl (C=O) groups is 1. The van der Waals surface area contributed by atoms with Gasteiger partial charge in [0.25, 0.3) is 0 Å². The Labute approximate surface area is 116 Å². The molecule has 0 saturated carbocycles. The Morgan fingerprint density at radius 3 is 2.63 bits per heavy atom. The Balaban J connectivity index is 1.79. The van der Waals surface area contributed by atoms with E-state index in [4.69, 9.17) is 16.3 Å². The lowest BCUT2D eigenvalue weighted by Gasteiger charge is -2.53. The highest BCUT2D eigenvalue weighted by atomic mass is 35.5. The molecule has 0 radical (unpaired) electrons. The minimum absolute atomic E-state index is 0.286. The topological polar surface area (TPSA) is 49.8 Å². The van der Waals surface area contributed by atoms with Crippen molar-refractivity contribution in [1.82, 2.24) is 0 Å². The summed E-state index contributed by atoms with van der Waals surface area (Å²) in [5, 5.41) is 9.72. The summed E-state index contributed by atoms with van der Waals surface area (Å²) in [5.41, 5.74) is 1.39. The van der Waals surface area contributed by atoms with Crippen LogP contribution in [-0.4, -0.2) is 37.4 Å². The van der Waals surface area contributed by atoms with Crippen molar-refractivity contribution in [3.05, 3.63) is 28.8 Å². The molecule has 1 N–H and O–H groups in total. The summed E-state index contributed by atoms with van der Waals surface area (Å²) >= 11 is 5.87. The first-order valence-corrected chi connectivity index (χ1v) is 6.83. The number of hydrogen-bond acceptors (Lipinski definition) is 3. The highest BCUT2D eigenvalue weighted by Crippen LogP contribution is 2.43. The highest BCUT2D eigenvalue weighted by molar-refractivity contribution is 6.31. The molecule has 0 aliphatic carbocycles. The number of ether oxygens (including phenoxy) is 1. The molecule has 0 bridgehead atoms. The van der Waals surface area contributed by atoms with E-state index in [1.165, 1.54) is 6.07 Å². The van der Waals surface area contributed by atoms with Gasteiger partial charge in [0.15, 0.2) is 0 Å². The zero-order valence-corrected chi connectivity index (χ0v) is 11.3. The van der Waals surface area contributed by atoms with Crippen LogP contribution in [0.15, 0.2) is 18.2 Å². The third-order valence-corrected chi connectivity index (χ3v) is 4.37. The van der Waals surface area contributed by atoms with Gasteiger partial charge in [-0.15, -0.1) is 0 Å². The normalized spacial score (nSPS) is 21.2. The van der Waals surface area contributed by atoms with Gasteiger partial charge in [0.2, 0.25) is 0 Å². The first-order chi connectivity index (χ1) is 9.10. The molecule has 1 aromatic carbocycles. The van der Waals surface area contributed by atoms with Gasteiger partial charge in [-0.1, -0.05) is 11.6 Å².